The van der Waals surface area contributed by atoms with Crippen molar-refractivity contribution in [3.63, 3.8) is 0 Å². The molecule has 6 aromatic rings. The molecule has 0 aliphatic carbocycles. The summed E-state index contributed by atoms with van der Waals surface area (Å²) in [5, 5.41) is 13.0. The van der Waals surface area contributed by atoms with Crippen molar-refractivity contribution in [3.05, 3.63) is 101 Å². The van der Waals surface area contributed by atoms with Crippen LogP contribution in [-0.4, -0.2) is 13.5 Å². The third-order valence-electron chi connectivity index (χ3n) is 9.82. The number of hydrogen-bond acceptors (Lipinski definition) is 6. The lowest BCUT2D eigenvalue weighted by Gasteiger charge is -2.44. The summed E-state index contributed by atoms with van der Waals surface area (Å²) in [6.07, 6.45) is 4.46. The maximum absolute atomic E-state index is 6.66. The van der Waals surface area contributed by atoms with Crippen LogP contribution in [0.4, 0.5) is 0 Å². The van der Waals surface area contributed by atoms with Crippen molar-refractivity contribution in [3.8, 4) is 40.1 Å². The summed E-state index contributed by atoms with van der Waals surface area (Å²) in [5.41, 5.74) is 4.32. The first-order valence-corrected chi connectivity index (χ1v) is 15.2. The highest BCUT2D eigenvalue weighted by Gasteiger charge is 2.68. The van der Waals surface area contributed by atoms with E-state index in [0.717, 1.165) is 45.6 Å². The van der Waals surface area contributed by atoms with Gasteiger partial charge in [-0.2, -0.15) is 0 Å². The van der Waals surface area contributed by atoms with Gasteiger partial charge in [0.1, 0.15) is 70.2 Å². The minimum Gasteiger partial charge on any atom is -0.477 e. The summed E-state index contributed by atoms with van der Waals surface area (Å²) in [5.74, 6) is 5.13. The molecule has 2 atom stereocenters. The molecule has 8 nitrogen and oxygen atoms in total. The zero-order valence-electron chi connectivity index (χ0n) is 21.4. The van der Waals surface area contributed by atoms with Gasteiger partial charge in [0.25, 0.3) is 11.3 Å². The maximum atomic E-state index is 6.66. The van der Waals surface area contributed by atoms with Crippen molar-refractivity contribution < 1.29 is 28.1 Å². The van der Waals surface area contributed by atoms with E-state index in [2.05, 4.69) is 74.6 Å². The SMILES string of the molecule is c1cc2c3c(c1)Oc1ccc4c5ccc6c7c5p5c4c1C3(NCO2)[n+]1ccc[n+](c1-5)C71NCOc2cccc(c21)O6. The lowest BCUT2D eigenvalue weighted by Crippen LogP contribution is -2.77. The average molecular weight is 555 g/mol. The molecule has 0 amide bonds. The first-order valence-electron chi connectivity index (χ1n) is 13.8. The predicted molar refractivity (Wildman–Crippen MR) is 149 cm³/mol. The molecule has 6 aliphatic rings. The number of nitrogens with one attached hydrogen (secondary N) is 2. The van der Waals surface area contributed by atoms with E-state index < -0.39 is 18.9 Å². The predicted octanol–water partition coefficient (Wildman–Crippen LogP) is 4.76. The van der Waals surface area contributed by atoms with Crippen LogP contribution in [0.5, 0.6) is 34.5 Å². The highest BCUT2D eigenvalue weighted by molar-refractivity contribution is 7.67. The van der Waals surface area contributed by atoms with Gasteiger partial charge in [-0.15, -0.1) is 9.13 Å². The van der Waals surface area contributed by atoms with E-state index in [9.17, 15) is 0 Å². The van der Waals surface area contributed by atoms with Crippen LogP contribution in [0.1, 0.15) is 22.3 Å². The van der Waals surface area contributed by atoms with Crippen LogP contribution in [0.15, 0.2) is 79.1 Å². The molecule has 0 fully saturated rings. The van der Waals surface area contributed by atoms with Gasteiger partial charge in [-0.25, -0.2) is 10.6 Å². The molecule has 9 heteroatoms. The molecular weight excluding hydrogens is 535 g/mol. The third kappa shape index (κ3) is 1.87. The second kappa shape index (κ2) is 6.16. The lowest BCUT2D eigenvalue weighted by molar-refractivity contribution is -0.851. The summed E-state index contributed by atoms with van der Waals surface area (Å²) in [4.78, 5) is 0. The van der Waals surface area contributed by atoms with E-state index in [1.165, 1.54) is 37.7 Å². The number of benzene rings is 4. The molecule has 41 heavy (non-hydrogen) atoms. The van der Waals surface area contributed by atoms with Crippen LogP contribution in [0.2, 0.25) is 0 Å². The van der Waals surface area contributed by atoms with Crippen molar-refractivity contribution >= 4 is 28.5 Å². The normalized spacial score (nSPS) is 24.1. The van der Waals surface area contributed by atoms with E-state index in [-0.39, 0.29) is 0 Å². The summed E-state index contributed by atoms with van der Waals surface area (Å²) < 4.78 is 30.7. The van der Waals surface area contributed by atoms with Crippen molar-refractivity contribution in [1.29, 1.82) is 0 Å². The molecule has 8 heterocycles. The Morgan fingerprint density at radius 2 is 1.05 bits per heavy atom. The monoisotopic (exact) mass is 554 g/mol. The highest BCUT2D eigenvalue weighted by atomic mass is 31.1. The zero-order valence-corrected chi connectivity index (χ0v) is 22.3. The molecule has 2 spiro atoms. The van der Waals surface area contributed by atoms with E-state index in [0.29, 0.717) is 13.5 Å². The second-order valence-corrected chi connectivity index (χ2v) is 13.3. The first kappa shape index (κ1) is 20.3. The molecule has 0 bridgehead atoms. The van der Waals surface area contributed by atoms with Gasteiger partial charge in [0.2, 0.25) is 0 Å². The minimum absolute atomic E-state index is 0.388. The summed E-state index contributed by atoms with van der Waals surface area (Å²) >= 11 is 0. The second-order valence-electron chi connectivity index (χ2n) is 11.4. The van der Waals surface area contributed by atoms with Gasteiger partial charge in [-0.1, -0.05) is 12.1 Å². The quantitative estimate of drug-likeness (QED) is 0.264. The van der Waals surface area contributed by atoms with Gasteiger partial charge in [0.05, 0.1) is 13.6 Å². The molecule has 0 radical (unpaired) electrons. The largest absolute Gasteiger partial charge is 0.477 e. The standard InChI is InChI=1S/C32H19N4O4P/c1-4-18-24-20(6-1)39-22-10-8-16-17-9-11-23-27-29(17)41-28(16)26(22)31(24,33-14-37-18)35-12-3-13-36(30(35)41)32(27)25-19(38-15-34-32)5-2-7-21(25)40-23/h1-13,33-34H,14-15H2/q+2. The Labute approximate surface area is 233 Å². The fourth-order valence-corrected chi connectivity index (χ4v) is 11.9. The summed E-state index contributed by atoms with van der Waals surface area (Å²) in [6, 6.07) is 23.2. The Bertz CT molecular complexity index is 2160. The molecule has 4 aromatic carbocycles. The average Bonchev–Trinajstić information content (AvgIpc) is 3.35. The number of hydrogen-bond donors (Lipinski definition) is 2. The van der Waals surface area contributed by atoms with Crippen LogP contribution in [0.3, 0.4) is 0 Å². The van der Waals surface area contributed by atoms with Crippen molar-refractivity contribution in [2.45, 2.75) is 11.3 Å². The van der Waals surface area contributed by atoms with E-state index in [1.807, 2.05) is 24.3 Å². The number of fused-ring (bicyclic) bond motifs is 1. The highest BCUT2D eigenvalue weighted by Crippen LogP contribution is 2.68. The van der Waals surface area contributed by atoms with E-state index >= 15 is 0 Å². The molecule has 12 rings (SSSR count). The Hall–Kier alpha value is -4.62. The van der Waals surface area contributed by atoms with Gasteiger partial charge < -0.3 is 18.9 Å². The summed E-state index contributed by atoms with van der Waals surface area (Å²) in [7, 11) is -0.927. The third-order valence-corrected chi connectivity index (χ3v) is 12.5. The van der Waals surface area contributed by atoms with Gasteiger partial charge in [-0.3, -0.25) is 0 Å². The molecule has 2 aromatic heterocycles. The molecule has 2 unspecified atom stereocenters. The van der Waals surface area contributed by atoms with Crippen LogP contribution in [-0.2, 0) is 11.3 Å². The van der Waals surface area contributed by atoms with Crippen LogP contribution in [0.25, 0.3) is 26.6 Å². The van der Waals surface area contributed by atoms with E-state index in [4.69, 9.17) is 18.9 Å². The molecule has 0 saturated heterocycles. The Balaban J connectivity index is 1.40. The van der Waals surface area contributed by atoms with Crippen LogP contribution >= 0.6 is 7.53 Å². The van der Waals surface area contributed by atoms with Crippen molar-refractivity contribution in [2.24, 2.45) is 0 Å². The van der Waals surface area contributed by atoms with Crippen molar-refractivity contribution in [2.75, 3.05) is 13.5 Å². The Morgan fingerprint density at radius 3 is 1.59 bits per heavy atom. The fourth-order valence-electron chi connectivity index (χ4n) is 8.50. The van der Waals surface area contributed by atoms with Crippen molar-refractivity contribution in [1.82, 2.24) is 10.6 Å². The smallest absolute Gasteiger partial charge is 0.467 e. The first-order chi connectivity index (χ1) is 20.3. The molecular formula is C32H19N4O4P+2. The topological polar surface area (TPSA) is 68.7 Å². The fraction of sp³-hybridized carbons (Fsp3) is 0.125. The zero-order chi connectivity index (χ0) is 26.2. The number of aromatic nitrogens is 2. The van der Waals surface area contributed by atoms with Gasteiger partial charge in [0, 0.05) is 10.2 Å². The minimum atomic E-state index is -0.927. The number of rotatable bonds is 0. The number of nitrogens with zero attached hydrogens (tertiary/aromatic N) is 2. The van der Waals surface area contributed by atoms with Gasteiger partial charge in [0.15, 0.2) is 12.4 Å². The van der Waals surface area contributed by atoms with Crippen LogP contribution < -0.4 is 38.7 Å². The van der Waals surface area contributed by atoms with Gasteiger partial charge >= 0.3 is 5.57 Å². The molecule has 6 aliphatic heterocycles. The molecule has 0 saturated carbocycles. The maximum Gasteiger partial charge on any atom is 0.467 e. The molecule has 2 N–H and O–H groups in total. The Kier molecular flexibility index (Phi) is 3.05. The number of ether oxygens (including phenoxy) is 4. The summed E-state index contributed by atoms with van der Waals surface area (Å²) in [6.45, 7) is 0.776. The molecule has 194 valence electrons. The Morgan fingerprint density at radius 1 is 0.561 bits per heavy atom. The lowest BCUT2D eigenvalue weighted by atomic mass is 9.84. The van der Waals surface area contributed by atoms with E-state index in [1.54, 1.807) is 0 Å². The van der Waals surface area contributed by atoms with Crippen LogP contribution in [0, 0.1) is 0 Å². The van der Waals surface area contributed by atoms with Gasteiger partial charge in [-0.05, 0) is 59.3 Å².